The summed E-state index contributed by atoms with van der Waals surface area (Å²) in [7, 11) is 0. The van der Waals surface area contributed by atoms with E-state index in [4.69, 9.17) is 4.74 Å². The zero-order valence-electron chi connectivity index (χ0n) is 13.3. The summed E-state index contributed by atoms with van der Waals surface area (Å²) in [5, 5.41) is 10.7. The minimum Gasteiger partial charge on any atom is -0.462 e. The van der Waals surface area contributed by atoms with Crippen molar-refractivity contribution in [2.24, 2.45) is 4.99 Å². The zero-order chi connectivity index (χ0) is 17.4. The number of aliphatic imine (C=N–C) groups is 1. The molecule has 6 heteroatoms. The second kappa shape index (κ2) is 8.57. The highest BCUT2D eigenvalue weighted by atomic mass is 16.6. The van der Waals surface area contributed by atoms with Gasteiger partial charge in [0, 0.05) is 18.3 Å². The van der Waals surface area contributed by atoms with Crippen LogP contribution in [0.4, 0.5) is 11.4 Å². The second-order valence-corrected chi connectivity index (χ2v) is 5.15. The van der Waals surface area contributed by atoms with Gasteiger partial charge in [0.25, 0.3) is 5.69 Å². The van der Waals surface area contributed by atoms with Gasteiger partial charge in [0.05, 0.1) is 22.8 Å². The van der Waals surface area contributed by atoms with Gasteiger partial charge >= 0.3 is 5.97 Å². The third-order valence-electron chi connectivity index (χ3n) is 3.28. The van der Waals surface area contributed by atoms with E-state index in [1.165, 1.54) is 12.1 Å². The number of carbonyl (C=O) groups is 1. The average Bonchev–Trinajstić information content (AvgIpc) is 2.60. The van der Waals surface area contributed by atoms with E-state index in [2.05, 4.69) is 4.99 Å². The Kier molecular flexibility index (Phi) is 6.19. The molecule has 0 aliphatic heterocycles. The Morgan fingerprint density at radius 2 is 2.00 bits per heavy atom. The van der Waals surface area contributed by atoms with Crippen molar-refractivity contribution in [2.75, 3.05) is 6.61 Å². The zero-order valence-corrected chi connectivity index (χ0v) is 13.3. The fourth-order valence-electron chi connectivity index (χ4n) is 1.94. The van der Waals surface area contributed by atoms with Crippen LogP contribution >= 0.6 is 0 Å². The molecule has 2 aromatic carbocycles. The maximum absolute atomic E-state index is 11.8. The number of carbonyl (C=O) groups excluding carboxylic acids is 1. The van der Waals surface area contributed by atoms with Gasteiger partial charge < -0.3 is 4.74 Å². The standard InChI is InChI=1S/C18H18N2O4/c1-2-3-11-24-18(21)15-7-9-16(10-8-15)19-13-14-5-4-6-17(12-14)20(22)23/h4-10,12-13H,2-3,11H2,1H3. The summed E-state index contributed by atoms with van der Waals surface area (Å²) in [4.78, 5) is 26.3. The number of ether oxygens (including phenoxy) is 1. The minimum atomic E-state index is -0.448. The van der Waals surface area contributed by atoms with Gasteiger partial charge in [-0.2, -0.15) is 0 Å². The minimum absolute atomic E-state index is 0.0177. The Labute approximate surface area is 140 Å². The van der Waals surface area contributed by atoms with Gasteiger partial charge in [-0.3, -0.25) is 15.1 Å². The van der Waals surface area contributed by atoms with Crippen molar-refractivity contribution in [3.63, 3.8) is 0 Å². The van der Waals surface area contributed by atoms with Crippen LogP contribution < -0.4 is 0 Å². The van der Waals surface area contributed by atoms with Crippen LogP contribution in [0.1, 0.15) is 35.7 Å². The molecule has 6 nitrogen and oxygen atoms in total. The molecular weight excluding hydrogens is 308 g/mol. The Morgan fingerprint density at radius 3 is 2.67 bits per heavy atom. The lowest BCUT2D eigenvalue weighted by atomic mass is 10.2. The summed E-state index contributed by atoms with van der Waals surface area (Å²) in [5.74, 6) is -0.349. The molecule has 0 saturated carbocycles. The topological polar surface area (TPSA) is 81.8 Å². The molecule has 0 spiro atoms. The number of nitro benzene ring substituents is 1. The van der Waals surface area contributed by atoms with Gasteiger partial charge in [-0.25, -0.2) is 4.79 Å². The SMILES string of the molecule is CCCCOC(=O)c1ccc(N=Cc2cccc([N+](=O)[O-])c2)cc1. The lowest BCUT2D eigenvalue weighted by Gasteiger charge is -2.03. The summed E-state index contributed by atoms with van der Waals surface area (Å²) in [6.07, 6.45) is 3.36. The number of hydrogen-bond acceptors (Lipinski definition) is 5. The number of esters is 1. The third kappa shape index (κ3) is 5.01. The van der Waals surface area contributed by atoms with E-state index in [9.17, 15) is 14.9 Å². The van der Waals surface area contributed by atoms with Gasteiger partial charge in [0.1, 0.15) is 0 Å². The van der Waals surface area contributed by atoms with Crippen LogP contribution in [0.3, 0.4) is 0 Å². The van der Waals surface area contributed by atoms with Crippen molar-refractivity contribution >= 4 is 23.6 Å². The monoisotopic (exact) mass is 326 g/mol. The summed E-state index contributed by atoms with van der Waals surface area (Å²) < 4.78 is 5.13. The first-order valence-corrected chi connectivity index (χ1v) is 7.66. The van der Waals surface area contributed by atoms with Gasteiger partial charge in [-0.15, -0.1) is 0 Å². The second-order valence-electron chi connectivity index (χ2n) is 5.15. The molecule has 0 unspecified atom stereocenters. The molecular formula is C18H18N2O4. The number of non-ortho nitro benzene ring substituents is 1. The number of hydrogen-bond donors (Lipinski definition) is 0. The van der Waals surface area contributed by atoms with Gasteiger partial charge in [-0.05, 0) is 36.2 Å². The predicted octanol–water partition coefficient (Wildman–Crippen LogP) is 4.30. The Hall–Kier alpha value is -3.02. The molecule has 124 valence electrons. The lowest BCUT2D eigenvalue weighted by molar-refractivity contribution is -0.384. The van der Waals surface area contributed by atoms with Crippen LogP contribution in [0.25, 0.3) is 0 Å². The van der Waals surface area contributed by atoms with E-state index in [0.29, 0.717) is 23.4 Å². The van der Waals surface area contributed by atoms with Crippen molar-refractivity contribution in [3.05, 3.63) is 69.8 Å². The largest absolute Gasteiger partial charge is 0.462 e. The highest BCUT2D eigenvalue weighted by Crippen LogP contribution is 2.16. The molecule has 0 saturated heterocycles. The average molecular weight is 326 g/mol. The van der Waals surface area contributed by atoms with Gasteiger partial charge in [0.2, 0.25) is 0 Å². The predicted molar refractivity (Wildman–Crippen MR) is 92.0 cm³/mol. The van der Waals surface area contributed by atoms with Crippen LogP contribution in [0.15, 0.2) is 53.5 Å². The molecule has 0 bridgehead atoms. The number of unbranched alkanes of at least 4 members (excludes halogenated alkanes) is 1. The molecule has 0 atom stereocenters. The Balaban J connectivity index is 2.02. The molecule has 0 N–H and O–H groups in total. The molecule has 0 fully saturated rings. The molecule has 0 heterocycles. The molecule has 0 aliphatic rings. The molecule has 0 radical (unpaired) electrons. The van der Waals surface area contributed by atoms with Gasteiger partial charge in [-0.1, -0.05) is 25.5 Å². The quantitative estimate of drug-likeness (QED) is 0.250. The van der Waals surface area contributed by atoms with E-state index < -0.39 is 4.92 Å². The van der Waals surface area contributed by atoms with Crippen molar-refractivity contribution in [2.45, 2.75) is 19.8 Å². The van der Waals surface area contributed by atoms with E-state index in [1.807, 2.05) is 6.92 Å². The highest BCUT2D eigenvalue weighted by molar-refractivity contribution is 5.90. The maximum atomic E-state index is 11.8. The smallest absolute Gasteiger partial charge is 0.338 e. The lowest BCUT2D eigenvalue weighted by Crippen LogP contribution is -2.05. The third-order valence-corrected chi connectivity index (χ3v) is 3.28. The maximum Gasteiger partial charge on any atom is 0.338 e. The normalized spacial score (nSPS) is 10.7. The van der Waals surface area contributed by atoms with Crippen molar-refractivity contribution < 1.29 is 14.5 Å². The van der Waals surface area contributed by atoms with Crippen molar-refractivity contribution in [1.29, 1.82) is 0 Å². The summed E-state index contributed by atoms with van der Waals surface area (Å²) in [5.41, 5.74) is 1.77. The Morgan fingerprint density at radius 1 is 1.25 bits per heavy atom. The van der Waals surface area contributed by atoms with Crippen LogP contribution in [0.2, 0.25) is 0 Å². The first kappa shape index (κ1) is 17.3. The molecule has 0 aliphatic carbocycles. The molecule has 0 aromatic heterocycles. The molecule has 24 heavy (non-hydrogen) atoms. The van der Waals surface area contributed by atoms with E-state index in [-0.39, 0.29) is 11.7 Å². The number of benzene rings is 2. The van der Waals surface area contributed by atoms with E-state index in [0.717, 1.165) is 12.8 Å². The van der Waals surface area contributed by atoms with E-state index >= 15 is 0 Å². The van der Waals surface area contributed by atoms with Crippen LogP contribution in [0, 0.1) is 10.1 Å². The first-order chi connectivity index (χ1) is 11.6. The summed E-state index contributed by atoms with van der Waals surface area (Å²) in [6.45, 7) is 2.45. The summed E-state index contributed by atoms with van der Waals surface area (Å²) in [6, 6.07) is 12.9. The molecule has 2 rings (SSSR count). The van der Waals surface area contributed by atoms with Crippen LogP contribution in [-0.4, -0.2) is 23.7 Å². The van der Waals surface area contributed by atoms with Gasteiger partial charge in [0.15, 0.2) is 0 Å². The number of rotatable bonds is 7. The first-order valence-electron chi connectivity index (χ1n) is 7.66. The molecule has 0 amide bonds. The van der Waals surface area contributed by atoms with Crippen molar-refractivity contribution in [1.82, 2.24) is 0 Å². The van der Waals surface area contributed by atoms with E-state index in [1.54, 1.807) is 42.6 Å². The summed E-state index contributed by atoms with van der Waals surface area (Å²) >= 11 is 0. The number of nitrogens with zero attached hydrogens (tertiary/aromatic N) is 2. The highest BCUT2D eigenvalue weighted by Gasteiger charge is 2.06. The Bertz CT molecular complexity index is 739. The fourth-order valence-corrected chi connectivity index (χ4v) is 1.94. The van der Waals surface area contributed by atoms with Crippen molar-refractivity contribution in [3.8, 4) is 0 Å². The number of nitro groups is 1. The van der Waals surface area contributed by atoms with Crippen LogP contribution in [0.5, 0.6) is 0 Å². The fraction of sp³-hybridized carbons (Fsp3) is 0.222. The molecule has 2 aromatic rings. The van der Waals surface area contributed by atoms with Crippen LogP contribution in [-0.2, 0) is 4.74 Å².